The van der Waals surface area contributed by atoms with E-state index in [0.717, 1.165) is 0 Å². The van der Waals surface area contributed by atoms with Gasteiger partial charge in [-0.1, -0.05) is 0 Å². The third-order valence-corrected chi connectivity index (χ3v) is 5.36. The lowest BCUT2D eigenvalue weighted by molar-refractivity contribution is -0.144. The fourth-order valence-electron chi connectivity index (χ4n) is 3.35. The Morgan fingerprint density at radius 2 is 1.56 bits per heavy atom. The van der Waals surface area contributed by atoms with E-state index in [0.29, 0.717) is 5.69 Å². The van der Waals surface area contributed by atoms with Gasteiger partial charge in [-0.2, -0.15) is 0 Å². The Bertz CT molecular complexity index is 1340. The molecular formula is C23H35N11O11. The maximum atomic E-state index is 12.8. The van der Waals surface area contributed by atoms with Crippen LogP contribution in [0, 0.1) is 6.92 Å². The van der Waals surface area contributed by atoms with Crippen LogP contribution in [0.3, 0.4) is 0 Å². The molecule has 0 unspecified atom stereocenters. The number of aliphatic hydroxyl groups excluding tert-OH is 1. The van der Waals surface area contributed by atoms with Gasteiger partial charge in [-0.05, 0) is 19.8 Å². The minimum Gasteiger partial charge on any atom is -0.481 e. The number of carbonyl (C=O) groups is 7. The zero-order valence-corrected chi connectivity index (χ0v) is 23.9. The van der Waals surface area contributed by atoms with Crippen molar-refractivity contribution in [2.45, 2.75) is 44.3 Å². The number of nitrogens with zero attached hydrogens (tertiary/aromatic N) is 2. The highest BCUT2D eigenvalue weighted by atomic mass is 16.4. The zero-order chi connectivity index (χ0) is 34.1. The highest BCUT2D eigenvalue weighted by Gasteiger charge is 2.28. The number of aliphatic hydroxyl groups is 1. The number of rotatable bonds is 18. The van der Waals surface area contributed by atoms with E-state index in [1.54, 1.807) is 0 Å². The largest absolute Gasteiger partial charge is 0.481 e. The van der Waals surface area contributed by atoms with Crippen LogP contribution in [0.25, 0.3) is 0 Å². The van der Waals surface area contributed by atoms with Gasteiger partial charge in [0, 0.05) is 18.3 Å². The summed E-state index contributed by atoms with van der Waals surface area (Å²) in [4.78, 5) is 106. The molecule has 6 amide bonds. The van der Waals surface area contributed by atoms with Gasteiger partial charge in [-0.25, -0.2) is 14.6 Å². The maximum Gasteiger partial charge on any atom is 0.328 e. The fourth-order valence-corrected chi connectivity index (χ4v) is 3.35. The average molecular weight is 642 g/mol. The molecule has 22 nitrogen and oxygen atoms in total. The van der Waals surface area contributed by atoms with E-state index < -0.39 is 91.4 Å². The van der Waals surface area contributed by atoms with E-state index in [-0.39, 0.29) is 31.3 Å². The molecule has 0 aliphatic carbocycles. The monoisotopic (exact) mass is 641 g/mol. The summed E-state index contributed by atoms with van der Waals surface area (Å²) in [5, 5.41) is 40.0. The summed E-state index contributed by atoms with van der Waals surface area (Å²) in [6, 6.07) is -4.52. The van der Waals surface area contributed by atoms with Gasteiger partial charge in [0.05, 0.1) is 26.1 Å². The summed E-state index contributed by atoms with van der Waals surface area (Å²) in [6.07, 6.45) is -0.818. The van der Waals surface area contributed by atoms with E-state index in [1.165, 1.54) is 13.0 Å². The number of carboxylic acids is 2. The van der Waals surface area contributed by atoms with E-state index in [1.807, 2.05) is 10.6 Å². The molecule has 0 bridgehead atoms. The van der Waals surface area contributed by atoms with Crippen LogP contribution in [0.2, 0.25) is 0 Å². The lowest BCUT2D eigenvalue weighted by atomic mass is 10.1. The summed E-state index contributed by atoms with van der Waals surface area (Å²) in [5.41, 5.74) is 10.3. The molecule has 45 heavy (non-hydrogen) atoms. The number of aliphatic imine (C=N–C) groups is 1. The van der Waals surface area contributed by atoms with Crippen molar-refractivity contribution in [2.24, 2.45) is 16.5 Å². The number of aryl methyl sites for hydroxylation is 1. The first-order valence-corrected chi connectivity index (χ1v) is 13.0. The quantitative estimate of drug-likeness (QED) is 0.0404. The zero-order valence-electron chi connectivity index (χ0n) is 23.9. The Kier molecular flexibility index (Phi) is 15.5. The first-order valence-electron chi connectivity index (χ1n) is 13.0. The lowest BCUT2D eigenvalue weighted by Gasteiger charge is -2.21. The molecule has 22 heteroatoms. The first-order chi connectivity index (χ1) is 21.1. The van der Waals surface area contributed by atoms with Crippen molar-refractivity contribution in [1.29, 1.82) is 0 Å². The van der Waals surface area contributed by atoms with Crippen LogP contribution in [0.5, 0.6) is 0 Å². The number of aromatic amines is 1. The summed E-state index contributed by atoms with van der Waals surface area (Å²) >= 11 is 0. The topological polar surface area (TPSA) is 363 Å². The number of guanidine groups is 1. The summed E-state index contributed by atoms with van der Waals surface area (Å²) in [6.45, 7) is -0.840. The highest BCUT2D eigenvalue weighted by molar-refractivity contribution is 5.95. The minimum atomic E-state index is -1.77. The number of carboxylic acid groups (broad SMARTS) is 2. The molecule has 3 atom stereocenters. The normalized spacial score (nSPS) is 12.3. The van der Waals surface area contributed by atoms with Gasteiger partial charge >= 0.3 is 18.0 Å². The van der Waals surface area contributed by atoms with Crippen molar-refractivity contribution < 1.29 is 48.9 Å². The van der Waals surface area contributed by atoms with E-state index in [4.69, 9.17) is 26.8 Å². The van der Waals surface area contributed by atoms with Gasteiger partial charge in [-0.3, -0.25) is 44.1 Å². The number of urea groups is 1. The second kappa shape index (κ2) is 18.7. The standard InChI is InChI=1S/C23H35N11O11/c1-10-5-14(36)33-22(29-10)34-23(45)28-8-16(38)30-11(3-2-4-26-21(24)25)18(41)27-7-15(37)31-12(6-17(39)40)19(42)32-13(9-35)20(43)44/h5,11-13,35H,2-4,6-9H2,1H3,(H,27,41)(H,30,38)(H,31,37)(H,32,42)(H,39,40)(H,43,44)(H4,24,25,26)(H3,28,29,33,34,36,45)/t11-,12-,13-/m1/s1. The first kappa shape index (κ1) is 37.2. The van der Waals surface area contributed by atoms with E-state index >= 15 is 0 Å². The second-order valence-corrected chi connectivity index (χ2v) is 9.13. The molecule has 0 saturated heterocycles. The molecular weight excluding hydrogens is 606 g/mol. The molecule has 0 saturated carbocycles. The molecule has 0 aliphatic rings. The molecule has 1 aromatic rings. The smallest absolute Gasteiger partial charge is 0.328 e. The Hall–Kier alpha value is -5.80. The van der Waals surface area contributed by atoms with E-state index in [9.17, 15) is 38.4 Å². The molecule has 14 N–H and O–H groups in total. The number of aromatic nitrogens is 2. The average Bonchev–Trinajstić information content (AvgIpc) is 2.93. The number of hydrogen-bond donors (Lipinski definition) is 12. The van der Waals surface area contributed by atoms with Gasteiger partial charge in [-0.15, -0.1) is 0 Å². The fraction of sp³-hybridized carbons (Fsp3) is 0.478. The van der Waals surface area contributed by atoms with Crippen molar-refractivity contribution in [3.8, 4) is 0 Å². The summed E-state index contributed by atoms with van der Waals surface area (Å²) < 4.78 is 0. The third kappa shape index (κ3) is 15.3. The molecule has 0 aliphatic heterocycles. The number of H-pyrrole nitrogens is 1. The minimum absolute atomic E-state index is 0.0433. The highest BCUT2D eigenvalue weighted by Crippen LogP contribution is 2.00. The van der Waals surface area contributed by atoms with Crippen molar-refractivity contribution in [2.75, 3.05) is 31.6 Å². The van der Waals surface area contributed by atoms with Gasteiger partial charge in [0.1, 0.15) is 18.1 Å². The molecule has 0 radical (unpaired) electrons. The Morgan fingerprint density at radius 1 is 0.933 bits per heavy atom. The Labute approximate surface area is 253 Å². The van der Waals surface area contributed by atoms with Crippen LogP contribution in [0.15, 0.2) is 15.9 Å². The number of aliphatic carboxylic acids is 2. The molecule has 1 rings (SSSR count). The Morgan fingerprint density at radius 3 is 2.11 bits per heavy atom. The lowest BCUT2D eigenvalue weighted by Crippen LogP contribution is -2.55. The van der Waals surface area contributed by atoms with Crippen LogP contribution in [0.4, 0.5) is 10.7 Å². The molecule has 1 aromatic heterocycles. The predicted octanol–water partition coefficient (Wildman–Crippen LogP) is -5.62. The summed E-state index contributed by atoms with van der Waals surface area (Å²) in [5.74, 6) is -7.52. The number of amides is 6. The SMILES string of the molecule is Cc1cc(=O)[nH]c(NC(=O)NCC(=O)N[C@H](CCCN=C(N)N)C(=O)NCC(=O)N[C@H](CC(=O)O)C(=O)N[C@H](CO)C(=O)O)n1. The van der Waals surface area contributed by atoms with Gasteiger partial charge < -0.3 is 53.4 Å². The number of carbonyl (C=O) groups excluding carboxylic acids is 5. The van der Waals surface area contributed by atoms with Crippen LogP contribution in [0.1, 0.15) is 25.0 Å². The number of nitrogens with two attached hydrogens (primary N) is 2. The van der Waals surface area contributed by atoms with Crippen LogP contribution in [-0.4, -0.2) is 117 Å². The van der Waals surface area contributed by atoms with Crippen molar-refractivity contribution in [3.05, 3.63) is 22.1 Å². The van der Waals surface area contributed by atoms with Crippen LogP contribution < -0.4 is 48.9 Å². The maximum absolute atomic E-state index is 12.8. The number of nitrogens with one attached hydrogen (secondary N) is 7. The van der Waals surface area contributed by atoms with Gasteiger partial charge in [0.2, 0.25) is 29.6 Å². The Balaban J connectivity index is 2.81. The predicted molar refractivity (Wildman–Crippen MR) is 152 cm³/mol. The molecule has 1 heterocycles. The molecule has 0 spiro atoms. The van der Waals surface area contributed by atoms with Crippen molar-refractivity contribution >= 4 is 53.5 Å². The van der Waals surface area contributed by atoms with Gasteiger partial charge in [0.25, 0.3) is 5.56 Å². The van der Waals surface area contributed by atoms with Crippen molar-refractivity contribution in [1.82, 2.24) is 36.6 Å². The molecule has 248 valence electrons. The second-order valence-electron chi connectivity index (χ2n) is 9.13. The molecule has 0 aromatic carbocycles. The summed E-state index contributed by atoms with van der Waals surface area (Å²) in [7, 11) is 0. The number of anilines is 1. The van der Waals surface area contributed by atoms with Crippen LogP contribution >= 0.6 is 0 Å². The third-order valence-electron chi connectivity index (χ3n) is 5.36. The molecule has 0 fully saturated rings. The van der Waals surface area contributed by atoms with E-state index in [2.05, 4.69) is 36.2 Å². The van der Waals surface area contributed by atoms with Crippen molar-refractivity contribution in [3.63, 3.8) is 0 Å². The van der Waals surface area contributed by atoms with Crippen LogP contribution in [-0.2, 0) is 28.8 Å². The van der Waals surface area contributed by atoms with Gasteiger partial charge in [0.15, 0.2) is 5.96 Å². The number of hydrogen-bond acceptors (Lipinski definition) is 11.